The van der Waals surface area contributed by atoms with Crippen LogP contribution < -0.4 is 10.1 Å². The Morgan fingerprint density at radius 1 is 1.29 bits per heavy atom. The van der Waals surface area contributed by atoms with E-state index in [1.807, 2.05) is 0 Å². The second kappa shape index (κ2) is 8.32. The monoisotopic (exact) mass is 431 g/mol. The predicted octanol–water partition coefficient (Wildman–Crippen LogP) is 5.66. The van der Waals surface area contributed by atoms with Gasteiger partial charge in [0.15, 0.2) is 0 Å². The largest absolute Gasteiger partial charge is 0.487 e. The van der Waals surface area contributed by atoms with Gasteiger partial charge in [0, 0.05) is 21.1 Å². The van der Waals surface area contributed by atoms with Gasteiger partial charge in [-0.2, -0.15) is 0 Å². The molecule has 21 heavy (non-hydrogen) atoms. The van der Waals surface area contributed by atoms with Crippen LogP contribution in [-0.4, -0.2) is 6.54 Å². The number of aryl methyl sites for hydroxylation is 1. The number of hydrogen-bond acceptors (Lipinski definition) is 3. The number of thiophene rings is 1. The fourth-order valence-electron chi connectivity index (χ4n) is 2.10. The maximum atomic E-state index is 6.10. The van der Waals surface area contributed by atoms with Crippen molar-refractivity contribution < 1.29 is 4.74 Å². The summed E-state index contributed by atoms with van der Waals surface area (Å²) in [7, 11) is 0. The fourth-order valence-corrected chi connectivity index (χ4v) is 4.10. The Kier molecular flexibility index (Phi) is 6.74. The molecule has 0 radical (unpaired) electrons. The number of ether oxygens (including phenoxy) is 1. The van der Waals surface area contributed by atoms with Crippen molar-refractivity contribution in [1.82, 2.24) is 5.32 Å². The summed E-state index contributed by atoms with van der Waals surface area (Å²) < 4.78 is 8.31. The van der Waals surface area contributed by atoms with Crippen LogP contribution >= 0.6 is 43.2 Å². The lowest BCUT2D eigenvalue weighted by atomic mass is 10.1. The number of nitrogens with one attached hydrogen (secondary N) is 1. The summed E-state index contributed by atoms with van der Waals surface area (Å²) in [6, 6.07) is 6.29. The van der Waals surface area contributed by atoms with Gasteiger partial charge in [-0.25, -0.2) is 0 Å². The van der Waals surface area contributed by atoms with Crippen molar-refractivity contribution in [1.29, 1.82) is 0 Å². The zero-order valence-corrected chi connectivity index (χ0v) is 16.2. The minimum atomic E-state index is 0.599. The lowest BCUT2D eigenvalue weighted by Gasteiger charge is -2.15. The van der Waals surface area contributed by atoms with Gasteiger partial charge in [-0.05, 0) is 65.0 Å². The third-order valence-electron chi connectivity index (χ3n) is 3.10. The molecule has 0 spiro atoms. The van der Waals surface area contributed by atoms with Crippen LogP contribution in [0.3, 0.4) is 0 Å². The van der Waals surface area contributed by atoms with Gasteiger partial charge in [0.25, 0.3) is 0 Å². The van der Waals surface area contributed by atoms with Crippen molar-refractivity contribution in [3.63, 3.8) is 0 Å². The number of rotatable bonds is 7. The topological polar surface area (TPSA) is 21.3 Å². The van der Waals surface area contributed by atoms with E-state index in [9.17, 15) is 0 Å². The van der Waals surface area contributed by atoms with E-state index >= 15 is 0 Å². The number of hydrogen-bond donors (Lipinski definition) is 1. The number of benzene rings is 1. The lowest BCUT2D eigenvalue weighted by molar-refractivity contribution is 0.302. The summed E-state index contributed by atoms with van der Waals surface area (Å²) in [5.41, 5.74) is 2.35. The van der Waals surface area contributed by atoms with Gasteiger partial charge in [0.2, 0.25) is 0 Å². The molecule has 5 heteroatoms. The van der Waals surface area contributed by atoms with Crippen LogP contribution in [0.1, 0.15) is 29.3 Å². The molecule has 1 aromatic carbocycles. The lowest BCUT2D eigenvalue weighted by Crippen LogP contribution is -2.15. The fraction of sp³-hybridized carbons (Fsp3) is 0.375. The van der Waals surface area contributed by atoms with Crippen LogP contribution in [0.15, 0.2) is 32.5 Å². The second-order valence-electron chi connectivity index (χ2n) is 4.87. The first-order valence-corrected chi connectivity index (χ1v) is 9.42. The molecule has 114 valence electrons. The summed E-state index contributed by atoms with van der Waals surface area (Å²) in [5.74, 6) is 0.988. The maximum absolute atomic E-state index is 6.10. The van der Waals surface area contributed by atoms with E-state index in [0.717, 1.165) is 39.8 Å². The third kappa shape index (κ3) is 4.81. The Hall–Kier alpha value is -0.360. The highest BCUT2D eigenvalue weighted by Crippen LogP contribution is 2.30. The highest BCUT2D eigenvalue weighted by atomic mass is 79.9. The third-order valence-corrected chi connectivity index (χ3v) is 5.45. The van der Waals surface area contributed by atoms with E-state index in [1.54, 1.807) is 11.3 Å². The van der Waals surface area contributed by atoms with Crippen LogP contribution in [0.5, 0.6) is 5.75 Å². The quantitative estimate of drug-likeness (QED) is 0.569. The molecule has 0 unspecified atom stereocenters. The summed E-state index contributed by atoms with van der Waals surface area (Å²) in [6.45, 7) is 6.70. The average molecular weight is 433 g/mol. The molecule has 0 aliphatic heterocycles. The van der Waals surface area contributed by atoms with Gasteiger partial charge < -0.3 is 10.1 Å². The summed E-state index contributed by atoms with van der Waals surface area (Å²) >= 11 is 8.83. The SMILES string of the molecule is CCCNCc1cc(Br)cc(C)c1OCc1sccc1Br. The highest BCUT2D eigenvalue weighted by Gasteiger charge is 2.10. The standard InChI is InChI=1S/C16H19Br2NOS/c1-3-5-19-9-12-8-13(17)7-11(2)16(12)20-10-15-14(18)4-6-21-15/h4,6-8,19H,3,5,9-10H2,1-2H3. The molecule has 1 heterocycles. The molecule has 0 fully saturated rings. The predicted molar refractivity (Wildman–Crippen MR) is 97.2 cm³/mol. The number of halogens is 2. The van der Waals surface area contributed by atoms with Gasteiger partial charge in [0.1, 0.15) is 12.4 Å². The van der Waals surface area contributed by atoms with E-state index in [4.69, 9.17) is 4.74 Å². The van der Waals surface area contributed by atoms with Gasteiger partial charge >= 0.3 is 0 Å². The molecule has 2 aromatic rings. The molecular weight excluding hydrogens is 414 g/mol. The Balaban J connectivity index is 2.14. The van der Waals surface area contributed by atoms with E-state index < -0.39 is 0 Å². The Bertz CT molecular complexity index is 598. The molecular formula is C16H19Br2NOS. The van der Waals surface area contributed by atoms with Crippen molar-refractivity contribution in [2.45, 2.75) is 33.4 Å². The van der Waals surface area contributed by atoms with Gasteiger partial charge in [-0.3, -0.25) is 0 Å². The van der Waals surface area contributed by atoms with Crippen molar-refractivity contribution in [2.24, 2.45) is 0 Å². The van der Waals surface area contributed by atoms with Crippen molar-refractivity contribution >= 4 is 43.2 Å². The summed E-state index contributed by atoms with van der Waals surface area (Å²) in [6.07, 6.45) is 1.13. The van der Waals surface area contributed by atoms with Crippen LogP contribution in [-0.2, 0) is 13.2 Å². The summed E-state index contributed by atoms with van der Waals surface area (Å²) in [4.78, 5) is 1.21. The molecule has 0 aliphatic rings. The van der Waals surface area contributed by atoms with Crippen molar-refractivity contribution in [3.05, 3.63) is 48.5 Å². The van der Waals surface area contributed by atoms with Crippen LogP contribution in [0.4, 0.5) is 0 Å². The Morgan fingerprint density at radius 2 is 2.10 bits per heavy atom. The molecule has 0 saturated carbocycles. The zero-order valence-electron chi connectivity index (χ0n) is 12.2. The molecule has 0 saturated heterocycles. The van der Waals surface area contributed by atoms with E-state index in [-0.39, 0.29) is 0 Å². The van der Waals surface area contributed by atoms with Crippen molar-refractivity contribution in [3.8, 4) is 5.75 Å². The van der Waals surface area contributed by atoms with Gasteiger partial charge in [-0.15, -0.1) is 11.3 Å². The van der Waals surface area contributed by atoms with E-state index in [2.05, 4.69) is 74.6 Å². The molecule has 0 atom stereocenters. The molecule has 0 amide bonds. The minimum absolute atomic E-state index is 0.599. The van der Waals surface area contributed by atoms with Crippen LogP contribution in [0, 0.1) is 6.92 Å². The first kappa shape index (κ1) is 17.0. The van der Waals surface area contributed by atoms with Gasteiger partial charge in [-0.1, -0.05) is 22.9 Å². The Morgan fingerprint density at radius 3 is 2.76 bits per heavy atom. The molecule has 1 aromatic heterocycles. The molecule has 0 aliphatic carbocycles. The van der Waals surface area contributed by atoms with E-state index in [0.29, 0.717) is 6.61 Å². The summed E-state index contributed by atoms with van der Waals surface area (Å²) in [5, 5.41) is 5.51. The minimum Gasteiger partial charge on any atom is -0.487 e. The van der Waals surface area contributed by atoms with Gasteiger partial charge in [0.05, 0.1) is 4.88 Å². The van der Waals surface area contributed by atoms with Crippen LogP contribution in [0.2, 0.25) is 0 Å². The first-order chi connectivity index (χ1) is 10.1. The molecule has 2 rings (SSSR count). The zero-order chi connectivity index (χ0) is 15.2. The highest BCUT2D eigenvalue weighted by molar-refractivity contribution is 9.10. The second-order valence-corrected chi connectivity index (χ2v) is 7.64. The first-order valence-electron chi connectivity index (χ1n) is 6.96. The molecule has 1 N–H and O–H groups in total. The van der Waals surface area contributed by atoms with E-state index in [1.165, 1.54) is 10.4 Å². The van der Waals surface area contributed by atoms with Crippen LogP contribution in [0.25, 0.3) is 0 Å². The maximum Gasteiger partial charge on any atom is 0.127 e. The molecule has 2 nitrogen and oxygen atoms in total. The average Bonchev–Trinajstić information content (AvgIpc) is 2.83. The Labute approximate surface area is 147 Å². The van der Waals surface area contributed by atoms with Crippen molar-refractivity contribution in [2.75, 3.05) is 6.54 Å². The normalized spacial score (nSPS) is 10.9. The smallest absolute Gasteiger partial charge is 0.127 e. The molecule has 0 bridgehead atoms.